The quantitative estimate of drug-likeness (QED) is 0.861. The molecule has 1 fully saturated rings. The van der Waals surface area contributed by atoms with Crippen molar-refractivity contribution in [2.24, 2.45) is 0 Å². The summed E-state index contributed by atoms with van der Waals surface area (Å²) >= 11 is 5.70. The highest BCUT2D eigenvalue weighted by molar-refractivity contribution is 6.29. The maximum Gasteiger partial charge on any atom is 0.274 e. The third kappa shape index (κ3) is 3.37. The molecule has 1 saturated heterocycles. The van der Waals surface area contributed by atoms with Gasteiger partial charge < -0.3 is 14.5 Å². The molecule has 0 saturated carbocycles. The van der Waals surface area contributed by atoms with E-state index in [1.807, 2.05) is 24.3 Å². The second-order valence-corrected chi connectivity index (χ2v) is 5.58. The van der Waals surface area contributed by atoms with Gasteiger partial charge in [-0.3, -0.25) is 4.79 Å². The molecule has 0 unspecified atom stereocenters. The van der Waals surface area contributed by atoms with Crippen molar-refractivity contribution in [1.82, 2.24) is 15.1 Å². The maximum absolute atomic E-state index is 12.4. The van der Waals surface area contributed by atoms with Crippen LogP contribution >= 0.6 is 11.6 Å². The van der Waals surface area contributed by atoms with Gasteiger partial charge in [0.1, 0.15) is 5.75 Å². The van der Waals surface area contributed by atoms with Gasteiger partial charge in [-0.1, -0.05) is 23.7 Å². The zero-order chi connectivity index (χ0) is 16.2. The number of hydrogen-bond acceptors (Lipinski definition) is 5. The van der Waals surface area contributed by atoms with Gasteiger partial charge >= 0.3 is 0 Å². The van der Waals surface area contributed by atoms with E-state index in [9.17, 15) is 4.79 Å². The predicted octanol–water partition coefficient (Wildman–Crippen LogP) is 2.10. The molecule has 2 aromatic rings. The second kappa shape index (κ2) is 6.83. The summed E-state index contributed by atoms with van der Waals surface area (Å²) < 4.78 is 5.40. The van der Waals surface area contributed by atoms with Crippen LogP contribution < -0.4 is 9.64 Å². The van der Waals surface area contributed by atoms with Crippen molar-refractivity contribution in [3.8, 4) is 5.75 Å². The largest absolute Gasteiger partial charge is 0.495 e. The van der Waals surface area contributed by atoms with Crippen molar-refractivity contribution >= 4 is 23.2 Å². The Balaban J connectivity index is 1.66. The van der Waals surface area contributed by atoms with Gasteiger partial charge in [-0.05, 0) is 24.3 Å². The highest BCUT2D eigenvalue weighted by Crippen LogP contribution is 2.28. The van der Waals surface area contributed by atoms with Gasteiger partial charge in [0.15, 0.2) is 10.8 Å². The van der Waals surface area contributed by atoms with Crippen molar-refractivity contribution < 1.29 is 9.53 Å². The molecule has 0 radical (unpaired) electrons. The van der Waals surface area contributed by atoms with Crippen molar-refractivity contribution in [2.75, 3.05) is 38.2 Å². The Hall–Kier alpha value is -2.34. The van der Waals surface area contributed by atoms with Crippen molar-refractivity contribution in [3.05, 3.63) is 47.2 Å². The third-order valence-corrected chi connectivity index (χ3v) is 4.05. The molecular formula is C16H17ClN4O2. The summed E-state index contributed by atoms with van der Waals surface area (Å²) in [7, 11) is 1.66. The van der Waals surface area contributed by atoms with E-state index in [0.29, 0.717) is 18.8 Å². The van der Waals surface area contributed by atoms with Crippen LogP contribution in [-0.2, 0) is 0 Å². The first-order valence-corrected chi connectivity index (χ1v) is 7.73. The van der Waals surface area contributed by atoms with Crippen LogP contribution in [0.4, 0.5) is 5.69 Å². The summed E-state index contributed by atoms with van der Waals surface area (Å²) in [5, 5.41) is 7.85. The molecule has 0 atom stereocenters. The van der Waals surface area contributed by atoms with E-state index >= 15 is 0 Å². The number of rotatable bonds is 3. The highest BCUT2D eigenvalue weighted by Gasteiger charge is 2.24. The first-order chi connectivity index (χ1) is 11.2. The molecule has 0 spiro atoms. The lowest BCUT2D eigenvalue weighted by molar-refractivity contribution is 0.0739. The molecule has 6 nitrogen and oxygen atoms in total. The van der Waals surface area contributed by atoms with Crippen LogP contribution in [0.5, 0.6) is 5.75 Å². The molecule has 3 rings (SSSR count). The maximum atomic E-state index is 12.4. The number of amides is 1. The Bertz CT molecular complexity index is 685. The fraction of sp³-hybridized carbons (Fsp3) is 0.312. The molecule has 1 aromatic heterocycles. The molecule has 1 aliphatic heterocycles. The van der Waals surface area contributed by atoms with Gasteiger partial charge in [-0.15, -0.1) is 10.2 Å². The molecule has 23 heavy (non-hydrogen) atoms. The summed E-state index contributed by atoms with van der Waals surface area (Å²) in [4.78, 5) is 16.4. The zero-order valence-corrected chi connectivity index (χ0v) is 13.5. The zero-order valence-electron chi connectivity index (χ0n) is 12.8. The number of ether oxygens (including phenoxy) is 1. The lowest BCUT2D eigenvalue weighted by atomic mass is 10.2. The Morgan fingerprint density at radius 3 is 2.48 bits per heavy atom. The molecule has 1 amide bonds. The molecular weight excluding hydrogens is 316 g/mol. The van der Waals surface area contributed by atoms with E-state index in [-0.39, 0.29) is 11.1 Å². The van der Waals surface area contributed by atoms with Crippen LogP contribution in [0.25, 0.3) is 0 Å². The van der Waals surface area contributed by atoms with Gasteiger partial charge in [0.25, 0.3) is 5.91 Å². The number of hydrogen-bond donors (Lipinski definition) is 0. The normalized spacial score (nSPS) is 14.7. The lowest BCUT2D eigenvalue weighted by Gasteiger charge is -2.36. The predicted molar refractivity (Wildman–Crippen MR) is 88.2 cm³/mol. The highest BCUT2D eigenvalue weighted by atomic mass is 35.5. The molecule has 0 aliphatic carbocycles. The molecule has 1 aromatic carbocycles. The number of benzene rings is 1. The van der Waals surface area contributed by atoms with Crippen molar-refractivity contribution in [1.29, 1.82) is 0 Å². The number of piperazine rings is 1. The summed E-state index contributed by atoms with van der Waals surface area (Å²) in [6.45, 7) is 2.74. The monoisotopic (exact) mass is 332 g/mol. The SMILES string of the molecule is COc1ccccc1N1CCN(C(=O)c2ccc(Cl)nn2)CC1. The van der Waals surface area contributed by atoms with Crippen LogP contribution in [0.15, 0.2) is 36.4 Å². The van der Waals surface area contributed by atoms with Crippen molar-refractivity contribution in [3.63, 3.8) is 0 Å². The number of carbonyl (C=O) groups excluding carboxylic acids is 1. The third-order valence-electron chi connectivity index (χ3n) is 3.84. The van der Waals surface area contributed by atoms with Gasteiger partial charge in [-0.2, -0.15) is 0 Å². The summed E-state index contributed by atoms with van der Waals surface area (Å²) in [6, 6.07) is 11.1. The minimum absolute atomic E-state index is 0.117. The van der Waals surface area contributed by atoms with E-state index in [1.165, 1.54) is 0 Å². The number of anilines is 1. The number of halogens is 1. The number of carbonyl (C=O) groups is 1. The lowest BCUT2D eigenvalue weighted by Crippen LogP contribution is -2.49. The van der Waals surface area contributed by atoms with Crippen LogP contribution in [0, 0.1) is 0 Å². The van der Waals surface area contributed by atoms with E-state index < -0.39 is 0 Å². The first-order valence-electron chi connectivity index (χ1n) is 7.35. The van der Waals surface area contributed by atoms with Gasteiger partial charge in [-0.25, -0.2) is 0 Å². The standard InChI is InChI=1S/C16H17ClN4O2/c1-23-14-5-3-2-4-13(14)20-8-10-21(11-9-20)16(22)12-6-7-15(17)19-18-12/h2-7H,8-11H2,1H3. The van der Waals surface area contributed by atoms with Gasteiger partial charge in [0, 0.05) is 26.2 Å². The molecule has 120 valence electrons. The second-order valence-electron chi connectivity index (χ2n) is 5.19. The number of aromatic nitrogens is 2. The average Bonchev–Trinajstić information content (AvgIpc) is 2.62. The average molecular weight is 333 g/mol. The van der Waals surface area contributed by atoms with E-state index in [0.717, 1.165) is 24.5 Å². The van der Waals surface area contributed by atoms with E-state index in [2.05, 4.69) is 15.1 Å². The summed E-state index contributed by atoms with van der Waals surface area (Å²) in [5.41, 5.74) is 1.37. The van der Waals surface area contributed by atoms with Crippen LogP contribution in [0.3, 0.4) is 0 Å². The fourth-order valence-corrected chi connectivity index (χ4v) is 2.73. The van der Waals surface area contributed by atoms with Crippen molar-refractivity contribution in [2.45, 2.75) is 0 Å². The molecule has 0 N–H and O–H groups in total. The van der Waals surface area contributed by atoms with Gasteiger partial charge in [0.05, 0.1) is 12.8 Å². The van der Waals surface area contributed by atoms with Gasteiger partial charge in [0.2, 0.25) is 0 Å². The minimum atomic E-state index is -0.117. The first kappa shape index (κ1) is 15.6. The Morgan fingerprint density at radius 1 is 1.09 bits per heavy atom. The molecule has 1 aliphatic rings. The molecule has 0 bridgehead atoms. The number of para-hydroxylation sites is 2. The summed E-state index contributed by atoms with van der Waals surface area (Å²) in [6.07, 6.45) is 0. The summed E-state index contributed by atoms with van der Waals surface area (Å²) in [5.74, 6) is 0.727. The minimum Gasteiger partial charge on any atom is -0.495 e. The Kier molecular flexibility index (Phi) is 4.62. The van der Waals surface area contributed by atoms with Crippen LogP contribution in [0.1, 0.15) is 10.5 Å². The molecule has 7 heteroatoms. The topological polar surface area (TPSA) is 58.6 Å². The molecule has 2 heterocycles. The Morgan fingerprint density at radius 2 is 1.83 bits per heavy atom. The smallest absolute Gasteiger partial charge is 0.274 e. The van der Waals surface area contributed by atoms with E-state index in [1.54, 1.807) is 24.1 Å². The Labute approximate surface area is 139 Å². The van der Waals surface area contributed by atoms with E-state index in [4.69, 9.17) is 16.3 Å². The van der Waals surface area contributed by atoms with Crippen LogP contribution in [0.2, 0.25) is 5.15 Å². The fourth-order valence-electron chi connectivity index (χ4n) is 2.63. The number of methoxy groups -OCH3 is 1. The van der Waals surface area contributed by atoms with Crippen LogP contribution in [-0.4, -0.2) is 54.3 Å². The number of nitrogens with zero attached hydrogens (tertiary/aromatic N) is 4.